The van der Waals surface area contributed by atoms with Crippen molar-refractivity contribution >= 4 is 23.5 Å². The lowest BCUT2D eigenvalue weighted by Crippen LogP contribution is -2.48. The van der Waals surface area contributed by atoms with E-state index in [1.165, 1.54) is 4.90 Å². The van der Waals surface area contributed by atoms with Crippen molar-refractivity contribution in [3.8, 4) is 11.5 Å². The highest BCUT2D eigenvalue weighted by molar-refractivity contribution is 7.98. The summed E-state index contributed by atoms with van der Waals surface area (Å²) in [6.07, 6.45) is 2.56. The lowest BCUT2D eigenvalue weighted by atomic mass is 10.0. The van der Waals surface area contributed by atoms with Crippen LogP contribution in [-0.4, -0.2) is 54.5 Å². The second-order valence-electron chi connectivity index (χ2n) is 5.45. The summed E-state index contributed by atoms with van der Waals surface area (Å²) in [6.45, 7) is 1.86. The van der Waals surface area contributed by atoms with E-state index in [0.717, 1.165) is 5.75 Å². The molecule has 0 radical (unpaired) electrons. The van der Waals surface area contributed by atoms with Gasteiger partial charge in [0, 0.05) is 12.6 Å². The molecular weight excluding hydrogens is 316 g/mol. The average Bonchev–Trinajstić information content (AvgIpc) is 3.04. The third-order valence-electron chi connectivity index (χ3n) is 3.92. The van der Waals surface area contributed by atoms with E-state index in [1.807, 2.05) is 6.26 Å². The number of rotatable bonds is 7. The third kappa shape index (κ3) is 3.97. The Morgan fingerprint density at radius 1 is 1.35 bits per heavy atom. The molecule has 7 heteroatoms. The van der Waals surface area contributed by atoms with Gasteiger partial charge in [0.2, 0.25) is 12.7 Å². The molecule has 0 aliphatic carbocycles. The molecule has 2 atom stereocenters. The molecule has 1 amide bonds. The van der Waals surface area contributed by atoms with Gasteiger partial charge in [-0.1, -0.05) is 0 Å². The number of hydrogen-bond donors (Lipinski definition) is 1. The first-order valence-corrected chi connectivity index (χ1v) is 8.80. The number of hydrogen-bond acceptors (Lipinski definition) is 6. The summed E-state index contributed by atoms with van der Waals surface area (Å²) in [5.41, 5.74) is 6.39. The van der Waals surface area contributed by atoms with E-state index in [1.54, 1.807) is 43.9 Å². The summed E-state index contributed by atoms with van der Waals surface area (Å²) >= 11 is 1.64. The Labute approximate surface area is 140 Å². The number of nitrogens with two attached hydrogens (primary N) is 1. The molecule has 1 aliphatic heterocycles. The number of ether oxygens (including phenoxy) is 2. The molecule has 23 heavy (non-hydrogen) atoms. The minimum absolute atomic E-state index is 0.156. The predicted octanol–water partition coefficient (Wildman–Crippen LogP) is 1.53. The normalized spacial score (nSPS) is 15.1. The van der Waals surface area contributed by atoms with Crippen molar-refractivity contribution < 1.29 is 19.1 Å². The number of Topliss-reactive ketones (excluding diaryl/α,β-unsaturated/α-hetero) is 1. The van der Waals surface area contributed by atoms with Crippen LogP contribution in [0.2, 0.25) is 0 Å². The summed E-state index contributed by atoms with van der Waals surface area (Å²) in [6, 6.07) is 3.85. The summed E-state index contributed by atoms with van der Waals surface area (Å²) in [7, 11) is 1.61. The van der Waals surface area contributed by atoms with Gasteiger partial charge in [0.15, 0.2) is 17.3 Å². The number of nitrogens with zero attached hydrogens (tertiary/aromatic N) is 1. The van der Waals surface area contributed by atoms with Crippen molar-refractivity contribution in [2.24, 2.45) is 5.73 Å². The van der Waals surface area contributed by atoms with Crippen LogP contribution in [0.25, 0.3) is 0 Å². The van der Waals surface area contributed by atoms with Gasteiger partial charge in [-0.15, -0.1) is 0 Å². The standard InChI is InChI=1S/C16H22N2O4S/c1-10(18(2)16(20)12(17)6-7-23-3)15(19)11-4-5-13-14(8-11)22-9-21-13/h4-5,8,10,12H,6-7,9,17H2,1-3H3/t10-,12-/m0/s1. The quantitative estimate of drug-likeness (QED) is 0.759. The minimum Gasteiger partial charge on any atom is -0.454 e. The molecule has 1 aromatic rings. The first-order chi connectivity index (χ1) is 11.0. The fraction of sp³-hybridized carbons (Fsp3) is 0.500. The zero-order valence-corrected chi connectivity index (χ0v) is 14.4. The summed E-state index contributed by atoms with van der Waals surface area (Å²) in [5, 5.41) is 0. The van der Waals surface area contributed by atoms with Crippen molar-refractivity contribution in [2.45, 2.75) is 25.4 Å². The highest BCUT2D eigenvalue weighted by Crippen LogP contribution is 2.33. The monoisotopic (exact) mass is 338 g/mol. The molecule has 0 bridgehead atoms. The summed E-state index contributed by atoms with van der Waals surface area (Å²) in [4.78, 5) is 26.3. The average molecular weight is 338 g/mol. The molecule has 1 aromatic carbocycles. The van der Waals surface area contributed by atoms with Gasteiger partial charge in [0.1, 0.15) is 0 Å². The van der Waals surface area contributed by atoms with Gasteiger partial charge in [0.25, 0.3) is 0 Å². The second-order valence-corrected chi connectivity index (χ2v) is 6.43. The Hall–Kier alpha value is -1.73. The number of ketones is 1. The molecule has 0 saturated carbocycles. The minimum atomic E-state index is -0.594. The number of carbonyl (C=O) groups excluding carboxylic acids is 2. The van der Waals surface area contributed by atoms with Crippen LogP contribution in [0.5, 0.6) is 11.5 Å². The number of carbonyl (C=O) groups is 2. The van der Waals surface area contributed by atoms with E-state index in [4.69, 9.17) is 15.2 Å². The number of thioether (sulfide) groups is 1. The van der Waals surface area contributed by atoms with E-state index in [0.29, 0.717) is 23.5 Å². The number of fused-ring (bicyclic) bond motifs is 1. The molecule has 0 aromatic heterocycles. The van der Waals surface area contributed by atoms with E-state index in [9.17, 15) is 9.59 Å². The maximum Gasteiger partial charge on any atom is 0.239 e. The molecule has 1 aliphatic rings. The first kappa shape index (κ1) is 17.6. The fourth-order valence-corrected chi connectivity index (χ4v) is 2.78. The molecule has 0 unspecified atom stereocenters. The number of amides is 1. The van der Waals surface area contributed by atoms with Crippen molar-refractivity contribution in [3.63, 3.8) is 0 Å². The van der Waals surface area contributed by atoms with Crippen LogP contribution in [0.3, 0.4) is 0 Å². The Bertz CT molecular complexity index is 593. The van der Waals surface area contributed by atoms with Gasteiger partial charge in [-0.05, 0) is 43.6 Å². The summed E-state index contributed by atoms with van der Waals surface area (Å²) in [5.74, 6) is 1.61. The first-order valence-electron chi connectivity index (χ1n) is 7.40. The summed E-state index contributed by atoms with van der Waals surface area (Å²) < 4.78 is 10.5. The van der Waals surface area contributed by atoms with E-state index in [-0.39, 0.29) is 18.5 Å². The van der Waals surface area contributed by atoms with Crippen LogP contribution < -0.4 is 15.2 Å². The topological polar surface area (TPSA) is 81.9 Å². The fourth-order valence-electron chi connectivity index (χ4n) is 2.29. The lowest BCUT2D eigenvalue weighted by molar-refractivity contribution is -0.132. The van der Waals surface area contributed by atoms with Crippen LogP contribution in [-0.2, 0) is 4.79 Å². The highest BCUT2D eigenvalue weighted by Gasteiger charge is 2.27. The molecule has 2 rings (SSSR count). The van der Waals surface area contributed by atoms with Crippen molar-refractivity contribution in [2.75, 3.05) is 25.8 Å². The molecule has 1 heterocycles. The third-order valence-corrected chi connectivity index (χ3v) is 4.56. The Balaban J connectivity index is 2.05. The zero-order valence-electron chi connectivity index (χ0n) is 13.6. The Morgan fingerprint density at radius 3 is 2.74 bits per heavy atom. The van der Waals surface area contributed by atoms with Gasteiger partial charge >= 0.3 is 0 Å². The maximum atomic E-state index is 12.6. The zero-order chi connectivity index (χ0) is 17.0. The molecule has 6 nitrogen and oxygen atoms in total. The lowest BCUT2D eigenvalue weighted by Gasteiger charge is -2.26. The molecule has 0 saturated heterocycles. The molecule has 0 fully saturated rings. The second kappa shape index (κ2) is 7.70. The van der Waals surface area contributed by atoms with E-state index < -0.39 is 12.1 Å². The van der Waals surface area contributed by atoms with Crippen LogP contribution in [0, 0.1) is 0 Å². The van der Waals surface area contributed by atoms with E-state index >= 15 is 0 Å². The molecule has 0 spiro atoms. The Morgan fingerprint density at radius 2 is 2.04 bits per heavy atom. The van der Waals surface area contributed by atoms with E-state index in [2.05, 4.69) is 0 Å². The van der Waals surface area contributed by atoms with Gasteiger partial charge in [0.05, 0.1) is 12.1 Å². The van der Waals surface area contributed by atoms with Crippen LogP contribution >= 0.6 is 11.8 Å². The molecule has 2 N–H and O–H groups in total. The largest absolute Gasteiger partial charge is 0.454 e. The highest BCUT2D eigenvalue weighted by atomic mass is 32.2. The predicted molar refractivity (Wildman–Crippen MR) is 90.1 cm³/mol. The maximum absolute atomic E-state index is 12.6. The van der Waals surface area contributed by atoms with Crippen LogP contribution in [0.1, 0.15) is 23.7 Å². The van der Waals surface area contributed by atoms with Gasteiger partial charge in [-0.25, -0.2) is 0 Å². The van der Waals surface area contributed by atoms with Crippen LogP contribution in [0.4, 0.5) is 0 Å². The number of likely N-dealkylation sites (N-methyl/N-ethyl adjacent to an activating group) is 1. The number of benzene rings is 1. The smallest absolute Gasteiger partial charge is 0.239 e. The molecular formula is C16H22N2O4S. The van der Waals surface area contributed by atoms with Crippen LogP contribution in [0.15, 0.2) is 18.2 Å². The van der Waals surface area contributed by atoms with Crippen molar-refractivity contribution in [3.05, 3.63) is 23.8 Å². The Kier molecular flexibility index (Phi) is 5.90. The van der Waals surface area contributed by atoms with Gasteiger partial charge in [-0.2, -0.15) is 11.8 Å². The molecule has 126 valence electrons. The van der Waals surface area contributed by atoms with Crippen molar-refractivity contribution in [1.82, 2.24) is 4.90 Å². The van der Waals surface area contributed by atoms with Gasteiger partial charge < -0.3 is 20.1 Å². The van der Waals surface area contributed by atoms with Gasteiger partial charge in [-0.3, -0.25) is 9.59 Å². The van der Waals surface area contributed by atoms with Crippen molar-refractivity contribution in [1.29, 1.82) is 0 Å². The SMILES string of the molecule is CSCC[C@H](N)C(=O)N(C)[C@@H](C)C(=O)c1ccc2c(c1)OCO2.